The van der Waals surface area contributed by atoms with E-state index >= 15 is 0 Å². The van der Waals surface area contributed by atoms with Crippen LogP contribution in [0.2, 0.25) is 0 Å². The van der Waals surface area contributed by atoms with Gasteiger partial charge in [-0.1, -0.05) is 11.3 Å². The van der Waals surface area contributed by atoms with E-state index in [2.05, 4.69) is 19.7 Å². The first-order chi connectivity index (χ1) is 6.72. The van der Waals surface area contributed by atoms with Gasteiger partial charge in [-0.25, -0.2) is 19.7 Å². The van der Waals surface area contributed by atoms with Crippen molar-refractivity contribution in [1.82, 2.24) is 15.0 Å². The summed E-state index contributed by atoms with van der Waals surface area (Å²) < 4.78 is 4.53. The third-order valence-corrected chi connectivity index (χ3v) is 2.53. The molecule has 14 heavy (non-hydrogen) atoms. The molecule has 0 aliphatic rings. The Hall–Kier alpha value is -1.76. The molecule has 0 amide bonds. The Kier molecular flexibility index (Phi) is 2.01. The fourth-order valence-electron chi connectivity index (χ4n) is 0.946. The summed E-state index contributed by atoms with van der Waals surface area (Å²) in [5.41, 5.74) is 5.99. The molecule has 0 radical (unpaired) electrons. The second-order valence-electron chi connectivity index (χ2n) is 2.42. The van der Waals surface area contributed by atoms with Crippen LogP contribution in [0, 0.1) is 0 Å². The van der Waals surface area contributed by atoms with Crippen LogP contribution >= 0.6 is 11.3 Å². The summed E-state index contributed by atoms with van der Waals surface area (Å²) in [4.78, 5) is 23.4. The molecule has 0 aromatic carbocycles. The Bertz CT molecular complexity index is 495. The normalized spacial score (nSPS) is 10.4. The summed E-state index contributed by atoms with van der Waals surface area (Å²) in [5.74, 6) is -0.228. The topological polar surface area (TPSA) is 91.0 Å². The Balaban J connectivity index is 2.62. The lowest BCUT2D eigenvalue weighted by Crippen LogP contribution is -1.99. The maximum absolute atomic E-state index is 11.1. The van der Waals surface area contributed by atoms with Gasteiger partial charge < -0.3 is 10.5 Å². The molecular formula is C7H6N4O2S. The highest BCUT2D eigenvalue weighted by atomic mass is 32.1. The maximum Gasteiger partial charge on any atom is 0.367 e. The number of methoxy groups -OCH3 is 1. The summed E-state index contributed by atoms with van der Waals surface area (Å²) in [6.07, 6.45) is 1.33. The third kappa shape index (κ3) is 1.27. The van der Waals surface area contributed by atoms with E-state index in [-0.39, 0.29) is 10.8 Å². The van der Waals surface area contributed by atoms with Gasteiger partial charge in [0.05, 0.1) is 7.11 Å². The van der Waals surface area contributed by atoms with E-state index in [0.717, 1.165) is 11.3 Å². The zero-order valence-corrected chi connectivity index (χ0v) is 8.04. The molecule has 0 atom stereocenters. The highest BCUT2D eigenvalue weighted by Gasteiger charge is 2.14. The molecule has 7 heteroatoms. The van der Waals surface area contributed by atoms with Gasteiger partial charge in [-0.15, -0.1) is 0 Å². The Morgan fingerprint density at radius 2 is 2.36 bits per heavy atom. The minimum atomic E-state index is -0.493. The van der Waals surface area contributed by atoms with Crippen LogP contribution in [0.5, 0.6) is 0 Å². The van der Waals surface area contributed by atoms with Crippen molar-refractivity contribution in [3.63, 3.8) is 0 Å². The van der Waals surface area contributed by atoms with Crippen molar-refractivity contribution in [1.29, 1.82) is 0 Å². The molecule has 2 N–H and O–H groups in total. The standard InChI is InChI=1S/C7H6N4O2S/c1-13-7(12)6-11-3-4(8)9-2-10-5(3)14-6/h2H,1H3,(H2,8,9,10). The third-order valence-electron chi connectivity index (χ3n) is 1.58. The van der Waals surface area contributed by atoms with Gasteiger partial charge in [0.25, 0.3) is 0 Å². The lowest BCUT2D eigenvalue weighted by molar-refractivity contribution is 0.0600. The number of rotatable bonds is 1. The molecular weight excluding hydrogens is 204 g/mol. The highest BCUT2D eigenvalue weighted by Crippen LogP contribution is 2.22. The molecule has 0 unspecified atom stereocenters. The molecule has 0 saturated heterocycles. The lowest BCUT2D eigenvalue weighted by atomic mass is 10.5. The largest absolute Gasteiger partial charge is 0.464 e. The average Bonchev–Trinajstić information content (AvgIpc) is 2.62. The molecule has 0 fully saturated rings. The van der Waals surface area contributed by atoms with Crippen LogP contribution in [0.1, 0.15) is 9.80 Å². The molecule has 0 bridgehead atoms. The van der Waals surface area contributed by atoms with E-state index in [9.17, 15) is 4.79 Å². The van der Waals surface area contributed by atoms with E-state index in [4.69, 9.17) is 5.73 Å². The molecule has 2 aromatic heterocycles. The SMILES string of the molecule is COC(=O)c1nc2c(N)ncnc2s1. The summed E-state index contributed by atoms with van der Waals surface area (Å²) in [6, 6.07) is 0. The number of esters is 1. The van der Waals surface area contributed by atoms with Crippen LogP contribution in [-0.4, -0.2) is 28.0 Å². The van der Waals surface area contributed by atoms with Gasteiger partial charge >= 0.3 is 5.97 Å². The summed E-state index contributed by atoms with van der Waals surface area (Å²) in [6.45, 7) is 0. The minimum Gasteiger partial charge on any atom is -0.464 e. The van der Waals surface area contributed by atoms with E-state index in [1.54, 1.807) is 0 Å². The second kappa shape index (κ2) is 3.18. The predicted octanol–water partition coefficient (Wildman–Crippen LogP) is 0.455. The molecule has 2 heterocycles. The fourth-order valence-corrected chi connectivity index (χ4v) is 1.78. The molecule has 72 valence electrons. The number of hydrogen-bond donors (Lipinski definition) is 1. The van der Waals surface area contributed by atoms with Crippen molar-refractivity contribution in [3.8, 4) is 0 Å². The van der Waals surface area contributed by atoms with Gasteiger partial charge in [0.15, 0.2) is 5.82 Å². The van der Waals surface area contributed by atoms with Crippen LogP contribution in [0.15, 0.2) is 6.33 Å². The summed E-state index contributed by atoms with van der Waals surface area (Å²) in [5, 5.41) is 0.231. The van der Waals surface area contributed by atoms with E-state index in [1.165, 1.54) is 13.4 Å². The van der Waals surface area contributed by atoms with Crippen molar-refractivity contribution >= 4 is 33.5 Å². The number of nitrogens with two attached hydrogens (primary N) is 1. The molecule has 0 aliphatic carbocycles. The zero-order valence-electron chi connectivity index (χ0n) is 7.22. The smallest absolute Gasteiger partial charge is 0.367 e. The molecule has 2 rings (SSSR count). The van der Waals surface area contributed by atoms with Gasteiger partial charge in [-0.3, -0.25) is 0 Å². The quantitative estimate of drug-likeness (QED) is 0.687. The number of nitrogens with zero attached hydrogens (tertiary/aromatic N) is 3. The van der Waals surface area contributed by atoms with Crippen molar-refractivity contribution in [3.05, 3.63) is 11.3 Å². The number of nitrogen functional groups attached to an aromatic ring is 1. The van der Waals surface area contributed by atoms with Gasteiger partial charge in [-0.05, 0) is 0 Å². The number of carbonyl (C=O) groups excluding carboxylic acids is 1. The van der Waals surface area contributed by atoms with Gasteiger partial charge in [-0.2, -0.15) is 0 Å². The van der Waals surface area contributed by atoms with Crippen molar-refractivity contribution in [2.24, 2.45) is 0 Å². The summed E-state index contributed by atoms with van der Waals surface area (Å²) in [7, 11) is 1.30. The Morgan fingerprint density at radius 1 is 1.57 bits per heavy atom. The van der Waals surface area contributed by atoms with Crippen LogP contribution in [0.4, 0.5) is 5.82 Å². The number of aromatic nitrogens is 3. The molecule has 2 aromatic rings. The number of thiazole rings is 1. The first-order valence-corrected chi connectivity index (χ1v) is 4.49. The van der Waals surface area contributed by atoms with E-state index < -0.39 is 5.97 Å². The van der Waals surface area contributed by atoms with Crippen LogP contribution in [0.3, 0.4) is 0 Å². The monoisotopic (exact) mass is 210 g/mol. The van der Waals surface area contributed by atoms with Gasteiger partial charge in [0.2, 0.25) is 5.01 Å². The minimum absolute atomic E-state index is 0.231. The van der Waals surface area contributed by atoms with Crippen molar-refractivity contribution in [2.75, 3.05) is 12.8 Å². The van der Waals surface area contributed by atoms with Gasteiger partial charge in [0.1, 0.15) is 16.7 Å². The highest BCUT2D eigenvalue weighted by molar-refractivity contribution is 7.19. The molecule has 0 saturated carbocycles. The molecule has 0 aliphatic heterocycles. The number of anilines is 1. The van der Waals surface area contributed by atoms with Gasteiger partial charge in [0, 0.05) is 0 Å². The zero-order chi connectivity index (χ0) is 10.1. The van der Waals surface area contributed by atoms with E-state index in [1.807, 2.05) is 0 Å². The lowest BCUT2D eigenvalue weighted by Gasteiger charge is -1.90. The van der Waals surface area contributed by atoms with Crippen LogP contribution in [0.25, 0.3) is 10.3 Å². The van der Waals surface area contributed by atoms with Crippen LogP contribution < -0.4 is 5.73 Å². The molecule has 0 spiro atoms. The first kappa shape index (κ1) is 8.82. The maximum atomic E-state index is 11.1. The molecule has 6 nitrogen and oxygen atoms in total. The fraction of sp³-hybridized carbons (Fsp3) is 0.143. The average molecular weight is 210 g/mol. The van der Waals surface area contributed by atoms with Crippen LogP contribution in [-0.2, 0) is 4.74 Å². The second-order valence-corrected chi connectivity index (χ2v) is 3.40. The predicted molar refractivity (Wildman–Crippen MR) is 51.0 cm³/mol. The number of carbonyl (C=O) groups is 1. The van der Waals surface area contributed by atoms with E-state index in [0.29, 0.717) is 10.3 Å². The Labute approximate surface area is 82.8 Å². The number of ether oxygens (including phenoxy) is 1. The number of hydrogen-bond acceptors (Lipinski definition) is 7. The number of fused-ring (bicyclic) bond motifs is 1. The Morgan fingerprint density at radius 3 is 3.00 bits per heavy atom. The first-order valence-electron chi connectivity index (χ1n) is 3.67. The summed E-state index contributed by atoms with van der Waals surface area (Å²) >= 11 is 1.13. The van der Waals surface area contributed by atoms with Crippen molar-refractivity contribution < 1.29 is 9.53 Å². The van der Waals surface area contributed by atoms with Crippen molar-refractivity contribution in [2.45, 2.75) is 0 Å².